The Morgan fingerprint density at radius 1 is 1.69 bits per heavy atom. The maximum absolute atomic E-state index is 10.3. The molecule has 1 heterocycles. The molecule has 0 saturated carbocycles. The van der Waals surface area contributed by atoms with Gasteiger partial charge in [-0.2, -0.15) is 4.37 Å². The molecule has 2 N–H and O–H groups in total. The SMILES string of the molecule is COC(C)c1nsc(NCCCC(=O)O)n1. The fourth-order valence-corrected chi connectivity index (χ4v) is 1.68. The fourth-order valence-electron chi connectivity index (χ4n) is 1.01. The Morgan fingerprint density at radius 2 is 2.44 bits per heavy atom. The first-order valence-electron chi connectivity index (χ1n) is 4.95. The molecule has 1 rings (SSSR count). The number of carbonyl (C=O) groups is 1. The third-order valence-corrected chi connectivity index (χ3v) is 2.69. The van der Waals surface area contributed by atoms with Gasteiger partial charge in [0.15, 0.2) is 5.82 Å². The number of hydrogen-bond acceptors (Lipinski definition) is 6. The standard InChI is InChI=1S/C9H15N3O3S/c1-6(15-2)8-11-9(16-12-8)10-5-3-4-7(13)14/h6H,3-5H2,1-2H3,(H,13,14)(H,10,11,12). The van der Waals surface area contributed by atoms with E-state index in [0.29, 0.717) is 23.9 Å². The van der Waals surface area contributed by atoms with Gasteiger partial charge in [0.2, 0.25) is 5.13 Å². The highest BCUT2D eigenvalue weighted by Crippen LogP contribution is 2.18. The second-order valence-electron chi connectivity index (χ2n) is 3.26. The van der Waals surface area contributed by atoms with Gasteiger partial charge < -0.3 is 15.2 Å². The average molecular weight is 245 g/mol. The van der Waals surface area contributed by atoms with Crippen molar-refractivity contribution in [3.63, 3.8) is 0 Å². The quantitative estimate of drug-likeness (QED) is 0.708. The first-order chi connectivity index (χ1) is 7.63. The summed E-state index contributed by atoms with van der Waals surface area (Å²) in [6.45, 7) is 2.46. The summed E-state index contributed by atoms with van der Waals surface area (Å²) in [5.41, 5.74) is 0. The zero-order valence-corrected chi connectivity index (χ0v) is 10.1. The summed E-state index contributed by atoms with van der Waals surface area (Å²) in [7, 11) is 1.60. The van der Waals surface area contributed by atoms with Crippen LogP contribution in [-0.2, 0) is 9.53 Å². The van der Waals surface area contributed by atoms with Crippen LogP contribution in [0.15, 0.2) is 0 Å². The van der Waals surface area contributed by atoms with Crippen molar-refractivity contribution >= 4 is 22.6 Å². The lowest BCUT2D eigenvalue weighted by atomic mass is 10.3. The largest absolute Gasteiger partial charge is 0.481 e. The summed E-state index contributed by atoms with van der Waals surface area (Å²) < 4.78 is 9.21. The minimum absolute atomic E-state index is 0.120. The zero-order chi connectivity index (χ0) is 12.0. The number of rotatable bonds is 7. The maximum atomic E-state index is 10.3. The number of aromatic nitrogens is 2. The van der Waals surface area contributed by atoms with E-state index in [1.54, 1.807) is 7.11 Å². The van der Waals surface area contributed by atoms with E-state index in [9.17, 15) is 4.79 Å². The van der Waals surface area contributed by atoms with Gasteiger partial charge in [-0.3, -0.25) is 4.79 Å². The number of nitrogens with one attached hydrogen (secondary N) is 1. The van der Waals surface area contributed by atoms with Crippen LogP contribution in [-0.4, -0.2) is 34.1 Å². The maximum Gasteiger partial charge on any atom is 0.303 e. The Balaban J connectivity index is 2.32. The molecule has 0 bridgehead atoms. The molecule has 6 nitrogen and oxygen atoms in total. The molecule has 16 heavy (non-hydrogen) atoms. The van der Waals surface area contributed by atoms with Gasteiger partial charge in [0.05, 0.1) is 0 Å². The second kappa shape index (κ2) is 6.39. The smallest absolute Gasteiger partial charge is 0.303 e. The molecule has 0 aliphatic heterocycles. The topological polar surface area (TPSA) is 84.3 Å². The van der Waals surface area contributed by atoms with Crippen LogP contribution in [0, 0.1) is 0 Å². The molecule has 0 aliphatic rings. The third kappa shape index (κ3) is 4.11. The minimum Gasteiger partial charge on any atom is -0.481 e. The third-order valence-electron chi connectivity index (χ3n) is 2.00. The van der Waals surface area contributed by atoms with Crippen LogP contribution in [0.25, 0.3) is 0 Å². The van der Waals surface area contributed by atoms with E-state index in [1.165, 1.54) is 11.5 Å². The summed E-state index contributed by atoms with van der Waals surface area (Å²) in [6, 6.07) is 0. The molecule has 0 saturated heterocycles. The van der Waals surface area contributed by atoms with Crippen molar-refractivity contribution in [1.82, 2.24) is 9.36 Å². The van der Waals surface area contributed by atoms with Gasteiger partial charge in [0.25, 0.3) is 0 Å². The second-order valence-corrected chi connectivity index (χ2v) is 4.01. The molecule has 0 amide bonds. The van der Waals surface area contributed by atoms with Crippen LogP contribution < -0.4 is 5.32 Å². The van der Waals surface area contributed by atoms with Crippen LogP contribution in [0.5, 0.6) is 0 Å². The predicted molar refractivity (Wildman–Crippen MR) is 60.7 cm³/mol. The Labute approximate surface area is 97.8 Å². The molecule has 1 aromatic heterocycles. The molecule has 1 unspecified atom stereocenters. The van der Waals surface area contributed by atoms with Gasteiger partial charge in [0, 0.05) is 31.6 Å². The molecule has 1 aromatic rings. The fraction of sp³-hybridized carbons (Fsp3) is 0.667. The molecule has 0 radical (unpaired) electrons. The van der Waals surface area contributed by atoms with E-state index in [2.05, 4.69) is 14.7 Å². The first kappa shape index (κ1) is 12.9. The van der Waals surface area contributed by atoms with Gasteiger partial charge >= 0.3 is 5.97 Å². The monoisotopic (exact) mass is 245 g/mol. The van der Waals surface area contributed by atoms with Crippen molar-refractivity contribution < 1.29 is 14.6 Å². The molecule has 1 atom stereocenters. The van der Waals surface area contributed by atoms with Crippen molar-refractivity contribution in [3.8, 4) is 0 Å². The van der Waals surface area contributed by atoms with Gasteiger partial charge in [-0.05, 0) is 13.3 Å². The highest BCUT2D eigenvalue weighted by Gasteiger charge is 2.10. The van der Waals surface area contributed by atoms with E-state index >= 15 is 0 Å². The van der Waals surface area contributed by atoms with Gasteiger partial charge in [-0.25, -0.2) is 4.98 Å². The number of methoxy groups -OCH3 is 1. The molecule has 0 aliphatic carbocycles. The molecule has 7 heteroatoms. The molecule has 0 spiro atoms. The van der Waals surface area contributed by atoms with Crippen molar-refractivity contribution in [2.24, 2.45) is 0 Å². The average Bonchev–Trinajstić information content (AvgIpc) is 2.71. The zero-order valence-electron chi connectivity index (χ0n) is 9.27. The summed E-state index contributed by atoms with van der Waals surface area (Å²) >= 11 is 1.25. The predicted octanol–water partition coefficient (Wildman–Crippen LogP) is 1.52. The van der Waals surface area contributed by atoms with E-state index in [-0.39, 0.29) is 12.5 Å². The number of carboxylic acid groups (broad SMARTS) is 1. The van der Waals surface area contributed by atoms with Crippen LogP contribution in [0.2, 0.25) is 0 Å². The number of aliphatic carboxylic acids is 1. The Bertz CT molecular complexity index is 342. The summed E-state index contributed by atoms with van der Waals surface area (Å²) in [5.74, 6) is -0.138. The van der Waals surface area contributed by atoms with Crippen LogP contribution in [0.3, 0.4) is 0 Å². The lowest BCUT2D eigenvalue weighted by Gasteiger charge is -2.02. The molecule has 0 fully saturated rings. The Morgan fingerprint density at radius 3 is 3.06 bits per heavy atom. The molecule has 0 aromatic carbocycles. The first-order valence-corrected chi connectivity index (χ1v) is 5.73. The van der Waals surface area contributed by atoms with Crippen LogP contribution in [0.4, 0.5) is 5.13 Å². The number of carboxylic acids is 1. The van der Waals surface area contributed by atoms with E-state index in [4.69, 9.17) is 9.84 Å². The van der Waals surface area contributed by atoms with Crippen LogP contribution in [0.1, 0.15) is 31.7 Å². The van der Waals surface area contributed by atoms with Crippen molar-refractivity contribution in [3.05, 3.63) is 5.82 Å². The van der Waals surface area contributed by atoms with E-state index in [1.807, 2.05) is 6.92 Å². The lowest BCUT2D eigenvalue weighted by Crippen LogP contribution is -2.05. The summed E-state index contributed by atoms with van der Waals surface area (Å²) in [5, 5.41) is 12.2. The van der Waals surface area contributed by atoms with E-state index < -0.39 is 5.97 Å². The summed E-state index contributed by atoms with van der Waals surface area (Å²) in [6.07, 6.45) is 0.614. The molecule has 90 valence electrons. The lowest BCUT2D eigenvalue weighted by molar-refractivity contribution is -0.137. The van der Waals surface area contributed by atoms with Crippen LogP contribution >= 0.6 is 11.5 Å². The number of anilines is 1. The van der Waals surface area contributed by atoms with Gasteiger partial charge in [-0.15, -0.1) is 0 Å². The highest BCUT2D eigenvalue weighted by atomic mass is 32.1. The van der Waals surface area contributed by atoms with Gasteiger partial charge in [-0.1, -0.05) is 0 Å². The Hall–Kier alpha value is -1.21. The van der Waals surface area contributed by atoms with Gasteiger partial charge in [0.1, 0.15) is 6.10 Å². The highest BCUT2D eigenvalue weighted by molar-refractivity contribution is 7.09. The molecular weight excluding hydrogens is 230 g/mol. The summed E-state index contributed by atoms with van der Waals surface area (Å²) in [4.78, 5) is 14.5. The number of nitrogens with zero attached hydrogens (tertiary/aromatic N) is 2. The van der Waals surface area contributed by atoms with Crippen molar-refractivity contribution in [2.45, 2.75) is 25.9 Å². The Kier molecular flexibility index (Phi) is 5.13. The van der Waals surface area contributed by atoms with E-state index in [0.717, 1.165) is 0 Å². The number of hydrogen-bond donors (Lipinski definition) is 2. The molecular formula is C9H15N3O3S. The van der Waals surface area contributed by atoms with Crippen molar-refractivity contribution in [2.75, 3.05) is 19.0 Å². The normalized spacial score (nSPS) is 12.4. The minimum atomic E-state index is -0.784. The van der Waals surface area contributed by atoms with Crippen molar-refractivity contribution in [1.29, 1.82) is 0 Å². The number of ether oxygens (including phenoxy) is 1.